The number of aliphatic hydroxyl groups excluding tert-OH is 1. The lowest BCUT2D eigenvalue weighted by atomic mass is 10.3. The molecule has 3 heteroatoms. The number of carbonyl (C=O) groups is 2. The Morgan fingerprint density at radius 2 is 1.58 bits per heavy atom. The summed E-state index contributed by atoms with van der Waals surface area (Å²) in [4.78, 5) is 19.1. The first kappa shape index (κ1) is 13.9. The fraction of sp³-hybridized carbons (Fsp3) is 0.778. The Morgan fingerprint density at radius 1 is 1.08 bits per heavy atom. The minimum absolute atomic E-state index is 0.344. The van der Waals surface area contributed by atoms with Gasteiger partial charge in [0.05, 0.1) is 0 Å². The van der Waals surface area contributed by atoms with Crippen LogP contribution in [0.2, 0.25) is 0 Å². The van der Waals surface area contributed by atoms with Crippen molar-refractivity contribution in [3.63, 3.8) is 0 Å². The number of hydrogen-bond acceptors (Lipinski definition) is 3. The molecule has 0 bridgehead atoms. The normalized spacial score (nSPS) is 8.17. The second-order valence-corrected chi connectivity index (χ2v) is 2.34. The minimum Gasteiger partial charge on any atom is -0.396 e. The largest absolute Gasteiger partial charge is 0.396 e. The van der Waals surface area contributed by atoms with E-state index in [-0.39, 0.29) is 0 Å². The summed E-state index contributed by atoms with van der Waals surface area (Å²) in [5.41, 5.74) is 0. The van der Waals surface area contributed by atoms with E-state index in [1.54, 1.807) is 0 Å². The lowest BCUT2D eigenvalue weighted by Gasteiger charge is -1.79. The second kappa shape index (κ2) is 16.7. The Hall–Kier alpha value is -0.700. The SMILES string of the molecule is CCCCO.O=CCCCC=O. The van der Waals surface area contributed by atoms with Crippen molar-refractivity contribution in [2.45, 2.75) is 39.0 Å². The Balaban J connectivity index is 0. The van der Waals surface area contributed by atoms with E-state index >= 15 is 0 Å². The van der Waals surface area contributed by atoms with E-state index in [0.29, 0.717) is 25.9 Å². The molecule has 0 amide bonds. The highest BCUT2D eigenvalue weighted by molar-refractivity contribution is 5.52. The zero-order chi connectivity index (χ0) is 9.66. The third-order valence-electron chi connectivity index (χ3n) is 1.16. The van der Waals surface area contributed by atoms with Gasteiger partial charge in [-0.05, 0) is 12.8 Å². The fourth-order valence-corrected chi connectivity index (χ4v) is 0.443. The van der Waals surface area contributed by atoms with Crippen LogP contribution in [0.4, 0.5) is 0 Å². The molecule has 0 aliphatic heterocycles. The molecular formula is C9H18O3. The number of hydrogen-bond donors (Lipinski definition) is 1. The third-order valence-corrected chi connectivity index (χ3v) is 1.16. The van der Waals surface area contributed by atoms with Crippen LogP contribution in [0.5, 0.6) is 0 Å². The standard InChI is InChI=1S/C5H8O2.C4H10O/c6-4-2-1-3-5-7;1-2-3-4-5/h4-5H,1-3H2;5H,2-4H2,1H3. The molecule has 0 spiro atoms. The molecule has 0 aliphatic carbocycles. The summed E-state index contributed by atoms with van der Waals surface area (Å²) in [5.74, 6) is 0. The predicted octanol–water partition coefficient (Wildman–Crippen LogP) is 1.33. The van der Waals surface area contributed by atoms with Crippen LogP contribution in [0.1, 0.15) is 39.0 Å². The molecule has 0 aromatic rings. The lowest BCUT2D eigenvalue weighted by molar-refractivity contribution is -0.108. The molecule has 0 aliphatic rings. The van der Waals surface area contributed by atoms with Gasteiger partial charge in [-0.15, -0.1) is 0 Å². The first-order chi connectivity index (χ1) is 5.83. The number of rotatable bonds is 6. The van der Waals surface area contributed by atoms with Crippen LogP contribution < -0.4 is 0 Å². The van der Waals surface area contributed by atoms with Crippen molar-refractivity contribution in [1.29, 1.82) is 0 Å². The molecule has 0 unspecified atom stereocenters. The molecule has 3 nitrogen and oxygen atoms in total. The van der Waals surface area contributed by atoms with Gasteiger partial charge in [-0.2, -0.15) is 0 Å². The fourth-order valence-electron chi connectivity index (χ4n) is 0.443. The highest BCUT2D eigenvalue weighted by atomic mass is 16.2. The maximum Gasteiger partial charge on any atom is 0.120 e. The zero-order valence-corrected chi connectivity index (χ0v) is 7.66. The highest BCUT2D eigenvalue weighted by Crippen LogP contribution is 1.85. The second-order valence-electron chi connectivity index (χ2n) is 2.34. The van der Waals surface area contributed by atoms with Gasteiger partial charge in [-0.3, -0.25) is 0 Å². The molecule has 1 N–H and O–H groups in total. The Kier molecular flexibility index (Phi) is 19.3. The predicted molar refractivity (Wildman–Crippen MR) is 48.0 cm³/mol. The van der Waals surface area contributed by atoms with Crippen molar-refractivity contribution in [2.24, 2.45) is 0 Å². The molecule has 12 heavy (non-hydrogen) atoms. The molecule has 0 aromatic heterocycles. The van der Waals surface area contributed by atoms with Crippen LogP contribution >= 0.6 is 0 Å². The van der Waals surface area contributed by atoms with Gasteiger partial charge in [-0.1, -0.05) is 13.3 Å². The molecule has 0 saturated heterocycles. The summed E-state index contributed by atoms with van der Waals surface area (Å²) in [6.07, 6.45) is 5.41. The monoisotopic (exact) mass is 174 g/mol. The molecule has 72 valence electrons. The van der Waals surface area contributed by atoms with Crippen LogP contribution in [0.3, 0.4) is 0 Å². The molecule has 0 heterocycles. The first-order valence-electron chi connectivity index (χ1n) is 4.31. The topological polar surface area (TPSA) is 54.4 Å². The van der Waals surface area contributed by atoms with E-state index in [9.17, 15) is 9.59 Å². The molecular weight excluding hydrogens is 156 g/mol. The molecule has 0 rings (SSSR count). The number of unbranched alkanes of at least 4 members (excludes halogenated alkanes) is 3. The van der Waals surface area contributed by atoms with E-state index in [1.807, 2.05) is 0 Å². The van der Waals surface area contributed by atoms with Crippen LogP contribution in [0, 0.1) is 0 Å². The Labute approximate surface area is 73.8 Å². The van der Waals surface area contributed by atoms with Crippen LogP contribution in [-0.4, -0.2) is 24.3 Å². The van der Waals surface area contributed by atoms with E-state index < -0.39 is 0 Å². The van der Waals surface area contributed by atoms with Gasteiger partial charge in [-0.25, -0.2) is 0 Å². The van der Waals surface area contributed by atoms with E-state index in [4.69, 9.17) is 5.11 Å². The highest BCUT2D eigenvalue weighted by Gasteiger charge is 1.80. The van der Waals surface area contributed by atoms with Crippen molar-refractivity contribution < 1.29 is 14.7 Å². The Bertz CT molecular complexity index is 81.8. The summed E-state index contributed by atoms with van der Waals surface area (Å²) in [6.45, 7) is 2.40. The maximum absolute atomic E-state index is 9.56. The van der Waals surface area contributed by atoms with Crippen LogP contribution in [0.25, 0.3) is 0 Å². The van der Waals surface area contributed by atoms with Gasteiger partial charge in [0.15, 0.2) is 0 Å². The minimum atomic E-state index is 0.344. The average molecular weight is 174 g/mol. The van der Waals surface area contributed by atoms with E-state index in [1.165, 1.54) is 0 Å². The van der Waals surface area contributed by atoms with Crippen LogP contribution in [-0.2, 0) is 9.59 Å². The number of carbonyl (C=O) groups excluding carboxylic acids is 2. The first-order valence-corrected chi connectivity index (χ1v) is 4.31. The van der Waals surface area contributed by atoms with Gasteiger partial charge in [0.25, 0.3) is 0 Å². The zero-order valence-electron chi connectivity index (χ0n) is 7.66. The van der Waals surface area contributed by atoms with Gasteiger partial charge in [0, 0.05) is 19.4 Å². The third kappa shape index (κ3) is 22.8. The molecule has 0 fully saturated rings. The van der Waals surface area contributed by atoms with Crippen molar-refractivity contribution in [2.75, 3.05) is 6.61 Å². The van der Waals surface area contributed by atoms with Gasteiger partial charge in [0.2, 0.25) is 0 Å². The number of aldehydes is 2. The summed E-state index contributed by atoms with van der Waals surface area (Å²) in [5, 5.41) is 8.07. The molecule has 0 aromatic carbocycles. The van der Waals surface area contributed by atoms with E-state index in [2.05, 4.69) is 6.92 Å². The van der Waals surface area contributed by atoms with E-state index in [0.717, 1.165) is 25.4 Å². The van der Waals surface area contributed by atoms with Gasteiger partial charge in [0.1, 0.15) is 12.6 Å². The Morgan fingerprint density at radius 3 is 1.75 bits per heavy atom. The summed E-state index contributed by atoms with van der Waals surface area (Å²) < 4.78 is 0. The summed E-state index contributed by atoms with van der Waals surface area (Å²) in [6, 6.07) is 0. The quantitative estimate of drug-likeness (QED) is 0.488. The maximum atomic E-state index is 9.56. The molecule has 0 radical (unpaired) electrons. The summed E-state index contributed by atoms with van der Waals surface area (Å²) >= 11 is 0. The van der Waals surface area contributed by atoms with Crippen molar-refractivity contribution in [1.82, 2.24) is 0 Å². The smallest absolute Gasteiger partial charge is 0.120 e. The van der Waals surface area contributed by atoms with Gasteiger partial charge >= 0.3 is 0 Å². The van der Waals surface area contributed by atoms with Crippen molar-refractivity contribution >= 4 is 12.6 Å². The number of aliphatic hydroxyl groups is 1. The molecule has 0 saturated carbocycles. The van der Waals surface area contributed by atoms with Crippen molar-refractivity contribution in [3.05, 3.63) is 0 Å². The summed E-state index contributed by atoms with van der Waals surface area (Å²) in [7, 11) is 0. The lowest BCUT2D eigenvalue weighted by Crippen LogP contribution is -1.76. The van der Waals surface area contributed by atoms with Gasteiger partial charge < -0.3 is 14.7 Å². The average Bonchev–Trinajstić information content (AvgIpc) is 2.08. The molecule has 0 atom stereocenters. The van der Waals surface area contributed by atoms with Crippen LogP contribution in [0.15, 0.2) is 0 Å². The van der Waals surface area contributed by atoms with Crippen molar-refractivity contribution in [3.8, 4) is 0 Å².